The summed E-state index contributed by atoms with van der Waals surface area (Å²) < 4.78 is 9.22. The van der Waals surface area contributed by atoms with Crippen LogP contribution in [-0.2, 0) is 19.1 Å². The highest BCUT2D eigenvalue weighted by Gasteiger charge is 1.94. The molecule has 14 heavy (non-hydrogen) atoms. The van der Waals surface area contributed by atoms with E-state index in [-0.39, 0.29) is 25.6 Å². The van der Waals surface area contributed by atoms with Gasteiger partial charge >= 0.3 is 13.4 Å². The van der Waals surface area contributed by atoms with E-state index in [1.807, 2.05) is 27.7 Å². The minimum absolute atomic E-state index is 0. The molecule has 0 spiro atoms. The number of carbonyl (C=O) groups is 2. The molecule has 0 aliphatic heterocycles. The quantitative estimate of drug-likeness (QED) is 0.647. The van der Waals surface area contributed by atoms with Crippen molar-refractivity contribution in [2.24, 2.45) is 0 Å². The zero-order valence-electron chi connectivity index (χ0n) is 10.8. The standard InChI is InChI=1S/2C5H10O2/c2*1-4(2)7-5(3)6/h2*4H,1-3H3/p+1. The Kier molecular flexibility index (Phi) is 9.40. The average molecular weight is 205 g/mol. The van der Waals surface area contributed by atoms with Crippen molar-refractivity contribution >= 4 is 11.9 Å². The van der Waals surface area contributed by atoms with E-state index in [9.17, 15) is 9.59 Å². The van der Waals surface area contributed by atoms with Gasteiger partial charge in [0.2, 0.25) is 0 Å². The van der Waals surface area contributed by atoms with E-state index in [0.29, 0.717) is 0 Å². The van der Waals surface area contributed by atoms with Gasteiger partial charge in [-0.15, -0.1) is 0 Å². The van der Waals surface area contributed by atoms with E-state index < -0.39 is 0 Å². The fourth-order valence-corrected chi connectivity index (χ4v) is 0.664. The first kappa shape index (κ1) is 15.4. The van der Waals surface area contributed by atoms with Crippen LogP contribution < -0.4 is 0 Å². The predicted molar refractivity (Wildman–Crippen MR) is 54.9 cm³/mol. The van der Waals surface area contributed by atoms with E-state index in [1.54, 1.807) is 0 Å². The van der Waals surface area contributed by atoms with Crippen molar-refractivity contribution in [1.29, 1.82) is 0 Å². The fraction of sp³-hybridized carbons (Fsp3) is 0.800. The lowest BCUT2D eigenvalue weighted by Crippen LogP contribution is -2.06. The molecule has 0 N–H and O–H groups in total. The monoisotopic (exact) mass is 205 g/mol. The van der Waals surface area contributed by atoms with Crippen molar-refractivity contribution in [2.75, 3.05) is 0 Å². The molecule has 0 atom stereocenters. The second-order valence-electron chi connectivity index (χ2n) is 3.32. The molecule has 0 radical (unpaired) electrons. The molecule has 84 valence electrons. The maximum atomic E-state index is 10.0. The van der Waals surface area contributed by atoms with E-state index >= 15 is 0 Å². The van der Waals surface area contributed by atoms with Crippen molar-refractivity contribution in [3.63, 3.8) is 0 Å². The first-order valence-electron chi connectivity index (χ1n) is 4.60. The van der Waals surface area contributed by atoms with Gasteiger partial charge in [0, 0.05) is 13.8 Å². The van der Waals surface area contributed by atoms with Gasteiger partial charge in [-0.25, -0.2) is 0 Å². The van der Waals surface area contributed by atoms with Gasteiger partial charge in [-0.2, -0.15) is 0 Å². The Morgan fingerprint density at radius 2 is 1.07 bits per heavy atom. The topological polar surface area (TPSA) is 52.6 Å². The first-order chi connectivity index (χ1) is 6.25. The molecule has 0 aromatic heterocycles. The molecule has 0 heterocycles. The zero-order chi connectivity index (χ0) is 11.7. The van der Waals surface area contributed by atoms with Crippen LogP contribution in [0.15, 0.2) is 0 Å². The average Bonchev–Trinajstić information content (AvgIpc) is 1.79. The van der Waals surface area contributed by atoms with Gasteiger partial charge in [0.25, 0.3) is 0 Å². The summed E-state index contributed by atoms with van der Waals surface area (Å²) in [5.41, 5.74) is 0. The van der Waals surface area contributed by atoms with Crippen molar-refractivity contribution < 1.29 is 20.5 Å². The maximum Gasteiger partial charge on any atom is 1.00 e. The number of rotatable bonds is 2. The largest absolute Gasteiger partial charge is 1.00 e. The maximum absolute atomic E-state index is 10.0. The second kappa shape index (κ2) is 8.53. The molecule has 0 fully saturated rings. The molecule has 0 aromatic rings. The highest BCUT2D eigenvalue weighted by molar-refractivity contribution is 5.66. The van der Waals surface area contributed by atoms with Crippen molar-refractivity contribution in [3.05, 3.63) is 0 Å². The summed E-state index contributed by atoms with van der Waals surface area (Å²) in [5.74, 6) is -0.426. The molecular formula is C10H21O4+. The van der Waals surface area contributed by atoms with Crippen molar-refractivity contribution in [2.45, 2.75) is 53.8 Å². The molecule has 0 saturated carbocycles. The zero-order valence-corrected chi connectivity index (χ0v) is 9.79. The predicted octanol–water partition coefficient (Wildman–Crippen LogP) is 2.03. The third kappa shape index (κ3) is 22.4. The van der Waals surface area contributed by atoms with Gasteiger partial charge in [-0.3, -0.25) is 9.59 Å². The lowest BCUT2D eigenvalue weighted by molar-refractivity contribution is -0.145. The summed E-state index contributed by atoms with van der Waals surface area (Å²) in [6, 6.07) is 0. The number of esters is 2. The Morgan fingerprint density at radius 1 is 0.857 bits per heavy atom. The van der Waals surface area contributed by atoms with Crippen LogP contribution in [-0.4, -0.2) is 24.1 Å². The van der Waals surface area contributed by atoms with Crippen LogP contribution in [0.2, 0.25) is 0 Å². The Balaban J connectivity index is -0.000000180. The number of hydrogen-bond acceptors (Lipinski definition) is 4. The highest BCUT2D eigenvalue weighted by Crippen LogP contribution is 1.86. The minimum Gasteiger partial charge on any atom is -0.463 e. The summed E-state index contributed by atoms with van der Waals surface area (Å²) in [7, 11) is 0. The lowest BCUT2D eigenvalue weighted by atomic mass is 10.5. The summed E-state index contributed by atoms with van der Waals surface area (Å²) in [6.45, 7) is 10.1. The molecule has 0 aliphatic rings. The molecule has 0 bridgehead atoms. The van der Waals surface area contributed by atoms with Crippen LogP contribution in [0, 0.1) is 0 Å². The fourth-order valence-electron chi connectivity index (χ4n) is 0.664. The summed E-state index contributed by atoms with van der Waals surface area (Å²) in [4.78, 5) is 20.1. The molecule has 0 saturated heterocycles. The smallest absolute Gasteiger partial charge is 0.463 e. The van der Waals surface area contributed by atoms with Crippen molar-refractivity contribution in [1.82, 2.24) is 0 Å². The van der Waals surface area contributed by atoms with Gasteiger partial charge in [0.05, 0.1) is 12.2 Å². The number of hydrogen-bond donors (Lipinski definition) is 0. The molecule has 0 unspecified atom stereocenters. The SMILES string of the molecule is CC(=O)OC(C)C.CC(=O)OC(C)C.[H+]. The molecular weight excluding hydrogens is 184 g/mol. The third-order valence-corrected chi connectivity index (χ3v) is 0.803. The van der Waals surface area contributed by atoms with Gasteiger partial charge in [0.1, 0.15) is 0 Å². The van der Waals surface area contributed by atoms with Gasteiger partial charge in [0.15, 0.2) is 0 Å². The lowest BCUT2D eigenvalue weighted by Gasteiger charge is -2.01. The Bertz CT molecular complexity index is 158. The summed E-state index contributed by atoms with van der Waals surface area (Å²) in [6.07, 6.45) is 0.0509. The van der Waals surface area contributed by atoms with E-state index in [1.165, 1.54) is 13.8 Å². The van der Waals surface area contributed by atoms with Crippen LogP contribution in [0.25, 0.3) is 0 Å². The summed E-state index contributed by atoms with van der Waals surface area (Å²) >= 11 is 0. The van der Waals surface area contributed by atoms with E-state index in [2.05, 4.69) is 9.47 Å². The highest BCUT2D eigenvalue weighted by atomic mass is 16.5. The van der Waals surface area contributed by atoms with E-state index in [0.717, 1.165) is 0 Å². The van der Waals surface area contributed by atoms with Crippen LogP contribution in [0.1, 0.15) is 43.0 Å². The van der Waals surface area contributed by atoms with Crippen LogP contribution in [0.4, 0.5) is 0 Å². The Morgan fingerprint density at radius 3 is 1.07 bits per heavy atom. The van der Waals surface area contributed by atoms with Crippen LogP contribution >= 0.6 is 0 Å². The Hall–Kier alpha value is -1.06. The van der Waals surface area contributed by atoms with Gasteiger partial charge in [-0.05, 0) is 27.7 Å². The van der Waals surface area contributed by atoms with Crippen LogP contribution in [0.3, 0.4) is 0 Å². The molecule has 0 aliphatic carbocycles. The minimum atomic E-state index is -0.213. The molecule has 0 aromatic carbocycles. The van der Waals surface area contributed by atoms with Crippen molar-refractivity contribution in [3.8, 4) is 0 Å². The number of ether oxygens (including phenoxy) is 2. The number of carbonyl (C=O) groups excluding carboxylic acids is 2. The van der Waals surface area contributed by atoms with Gasteiger partial charge in [-0.1, -0.05) is 0 Å². The molecule has 0 amide bonds. The normalized spacial score (nSPS) is 9.14. The summed E-state index contributed by atoms with van der Waals surface area (Å²) in [5, 5.41) is 0. The van der Waals surface area contributed by atoms with Gasteiger partial charge < -0.3 is 9.47 Å². The van der Waals surface area contributed by atoms with Crippen LogP contribution in [0.5, 0.6) is 0 Å². The third-order valence-electron chi connectivity index (χ3n) is 0.803. The molecule has 4 heteroatoms. The molecule has 0 rings (SSSR count). The first-order valence-corrected chi connectivity index (χ1v) is 4.60. The second-order valence-corrected chi connectivity index (χ2v) is 3.32. The van der Waals surface area contributed by atoms with E-state index in [4.69, 9.17) is 0 Å². The molecule has 4 nitrogen and oxygen atoms in total. The Labute approximate surface area is 87.1 Å².